The maximum Gasteiger partial charge on any atom is 0.223 e. The Balaban J connectivity index is 0.00000420. The molecule has 1 aromatic carbocycles. The molecule has 0 heterocycles. The van der Waals surface area contributed by atoms with Crippen LogP contribution in [0.2, 0.25) is 0 Å². The molecule has 7 heteroatoms. The lowest BCUT2D eigenvalue weighted by atomic mass is 10.1. The highest BCUT2D eigenvalue weighted by molar-refractivity contribution is 14.0. The number of aliphatic imine (C=N–C) groups is 1. The predicted molar refractivity (Wildman–Crippen MR) is 130 cm³/mol. The lowest BCUT2D eigenvalue weighted by Crippen LogP contribution is -2.41. The Kier molecular flexibility index (Phi) is 11.4. The van der Waals surface area contributed by atoms with E-state index in [-0.39, 0.29) is 41.9 Å². The van der Waals surface area contributed by atoms with Gasteiger partial charge in [-0.2, -0.15) is 0 Å². The fourth-order valence-electron chi connectivity index (χ4n) is 3.10. The molecule has 164 valence electrons. The Labute approximate surface area is 192 Å². The maximum absolute atomic E-state index is 11.7. The number of hydrogen-bond acceptors (Lipinski definition) is 3. The van der Waals surface area contributed by atoms with Gasteiger partial charge in [-0.25, -0.2) is 0 Å². The van der Waals surface area contributed by atoms with Crippen molar-refractivity contribution in [2.24, 2.45) is 16.8 Å². The van der Waals surface area contributed by atoms with Gasteiger partial charge in [-0.05, 0) is 50.7 Å². The van der Waals surface area contributed by atoms with Crippen molar-refractivity contribution in [2.45, 2.75) is 59.6 Å². The average Bonchev–Trinajstić information content (AvgIpc) is 3.46. The van der Waals surface area contributed by atoms with Crippen molar-refractivity contribution in [1.82, 2.24) is 16.0 Å². The number of aryl methyl sites for hydroxylation is 1. The minimum absolute atomic E-state index is 0. The van der Waals surface area contributed by atoms with Crippen LogP contribution in [0.4, 0.5) is 0 Å². The van der Waals surface area contributed by atoms with Crippen LogP contribution >= 0.6 is 24.0 Å². The summed E-state index contributed by atoms with van der Waals surface area (Å²) < 4.78 is 6.21. The molecule has 1 unspecified atom stereocenters. The highest BCUT2D eigenvalue weighted by atomic mass is 127. The maximum atomic E-state index is 11.7. The smallest absolute Gasteiger partial charge is 0.223 e. The van der Waals surface area contributed by atoms with Gasteiger partial charge in [0.1, 0.15) is 5.75 Å². The number of benzene rings is 1. The highest BCUT2D eigenvalue weighted by Gasteiger charge is 2.28. The van der Waals surface area contributed by atoms with Gasteiger partial charge in [0.25, 0.3) is 0 Å². The quantitative estimate of drug-likeness (QED) is 0.192. The zero-order valence-corrected chi connectivity index (χ0v) is 20.7. The highest BCUT2D eigenvalue weighted by Crippen LogP contribution is 2.28. The van der Waals surface area contributed by atoms with Gasteiger partial charge in [0.05, 0.1) is 6.10 Å². The first-order valence-corrected chi connectivity index (χ1v) is 10.4. The molecule has 0 bridgehead atoms. The Hall–Kier alpha value is -1.51. The van der Waals surface area contributed by atoms with Gasteiger partial charge < -0.3 is 20.7 Å². The van der Waals surface area contributed by atoms with Crippen molar-refractivity contribution in [2.75, 3.05) is 20.1 Å². The average molecular weight is 516 g/mol. The van der Waals surface area contributed by atoms with Crippen LogP contribution in [0.1, 0.15) is 51.2 Å². The molecule has 1 aliphatic rings. The topological polar surface area (TPSA) is 74.8 Å². The third kappa shape index (κ3) is 9.69. The zero-order chi connectivity index (χ0) is 20.5. The standard InChI is InChI=1S/C22H36N4O2.HI/c1-15(2)12-17(4)28-20-13-16(3)6-7-19(20)14-26-22(23-5)25-11-10-24-21(27)18-8-9-18;/h6-7,13,15,17-18H,8-12,14H2,1-5H3,(H,24,27)(H2,23,25,26);1H. The number of guanidine groups is 1. The predicted octanol–water partition coefficient (Wildman–Crippen LogP) is 3.62. The number of carbonyl (C=O) groups is 1. The molecule has 0 radical (unpaired) electrons. The second-order valence-corrected chi connectivity index (χ2v) is 8.09. The van der Waals surface area contributed by atoms with E-state index in [1.54, 1.807) is 7.05 Å². The van der Waals surface area contributed by atoms with E-state index in [2.05, 4.69) is 66.8 Å². The van der Waals surface area contributed by atoms with Crippen LogP contribution in [0.25, 0.3) is 0 Å². The monoisotopic (exact) mass is 516 g/mol. The molecule has 1 saturated carbocycles. The van der Waals surface area contributed by atoms with E-state index in [9.17, 15) is 4.79 Å². The molecular weight excluding hydrogens is 479 g/mol. The lowest BCUT2D eigenvalue weighted by Gasteiger charge is -2.20. The van der Waals surface area contributed by atoms with Crippen molar-refractivity contribution in [1.29, 1.82) is 0 Å². The van der Waals surface area contributed by atoms with Crippen LogP contribution < -0.4 is 20.7 Å². The lowest BCUT2D eigenvalue weighted by molar-refractivity contribution is -0.122. The van der Waals surface area contributed by atoms with E-state index in [1.807, 2.05) is 0 Å². The molecule has 1 aromatic rings. The summed E-state index contributed by atoms with van der Waals surface area (Å²) in [6.07, 6.45) is 3.25. The molecule has 3 N–H and O–H groups in total. The summed E-state index contributed by atoms with van der Waals surface area (Å²) >= 11 is 0. The molecule has 6 nitrogen and oxygen atoms in total. The Morgan fingerprint density at radius 3 is 2.48 bits per heavy atom. The minimum atomic E-state index is 0. The fourth-order valence-corrected chi connectivity index (χ4v) is 3.10. The number of halogens is 1. The summed E-state index contributed by atoms with van der Waals surface area (Å²) in [5.74, 6) is 2.65. The van der Waals surface area contributed by atoms with Crippen LogP contribution in [0.3, 0.4) is 0 Å². The summed E-state index contributed by atoms with van der Waals surface area (Å²) in [7, 11) is 1.75. The Morgan fingerprint density at radius 2 is 1.86 bits per heavy atom. The van der Waals surface area contributed by atoms with Crippen molar-refractivity contribution in [3.05, 3.63) is 29.3 Å². The third-order valence-electron chi connectivity index (χ3n) is 4.69. The number of amides is 1. The second kappa shape index (κ2) is 12.9. The molecule has 0 aromatic heterocycles. The number of nitrogens with one attached hydrogen (secondary N) is 3. The number of ether oxygens (including phenoxy) is 1. The number of rotatable bonds is 10. The van der Waals surface area contributed by atoms with Gasteiger partial charge in [0, 0.05) is 38.2 Å². The molecule has 1 aliphatic carbocycles. The number of carbonyl (C=O) groups excluding carboxylic acids is 1. The molecule has 29 heavy (non-hydrogen) atoms. The largest absolute Gasteiger partial charge is 0.490 e. The molecule has 0 spiro atoms. The van der Waals surface area contributed by atoms with Crippen molar-refractivity contribution in [3.8, 4) is 5.75 Å². The second-order valence-electron chi connectivity index (χ2n) is 8.09. The first-order valence-electron chi connectivity index (χ1n) is 10.4. The summed E-state index contributed by atoms with van der Waals surface area (Å²) in [4.78, 5) is 15.9. The van der Waals surface area contributed by atoms with Gasteiger partial charge in [-0.15, -0.1) is 24.0 Å². The molecular formula is C22H37IN4O2. The van der Waals surface area contributed by atoms with Gasteiger partial charge in [0.2, 0.25) is 5.91 Å². The molecule has 1 amide bonds. The van der Waals surface area contributed by atoms with E-state index < -0.39 is 0 Å². The van der Waals surface area contributed by atoms with Gasteiger partial charge >= 0.3 is 0 Å². The zero-order valence-electron chi connectivity index (χ0n) is 18.4. The summed E-state index contributed by atoms with van der Waals surface area (Å²) in [6.45, 7) is 10.5. The fraction of sp³-hybridized carbons (Fsp3) is 0.636. The van der Waals surface area contributed by atoms with Crippen LogP contribution in [-0.4, -0.2) is 38.1 Å². The van der Waals surface area contributed by atoms with E-state index in [1.165, 1.54) is 5.56 Å². The van der Waals surface area contributed by atoms with Gasteiger partial charge in [0.15, 0.2) is 5.96 Å². The van der Waals surface area contributed by atoms with E-state index in [4.69, 9.17) is 4.74 Å². The van der Waals surface area contributed by atoms with Crippen LogP contribution in [0.15, 0.2) is 23.2 Å². The van der Waals surface area contributed by atoms with E-state index in [0.29, 0.717) is 31.5 Å². The van der Waals surface area contributed by atoms with Crippen LogP contribution in [-0.2, 0) is 11.3 Å². The molecule has 0 aliphatic heterocycles. The third-order valence-corrected chi connectivity index (χ3v) is 4.69. The molecule has 1 atom stereocenters. The van der Waals surface area contributed by atoms with Crippen molar-refractivity contribution >= 4 is 35.8 Å². The molecule has 1 fully saturated rings. The van der Waals surface area contributed by atoms with Crippen LogP contribution in [0, 0.1) is 18.8 Å². The SMILES string of the molecule is CN=C(NCCNC(=O)C1CC1)NCc1ccc(C)cc1OC(C)CC(C)C.I. The summed E-state index contributed by atoms with van der Waals surface area (Å²) in [5.41, 5.74) is 2.29. The minimum Gasteiger partial charge on any atom is -0.490 e. The van der Waals surface area contributed by atoms with Crippen LogP contribution in [0.5, 0.6) is 5.75 Å². The Bertz CT molecular complexity index is 675. The summed E-state index contributed by atoms with van der Waals surface area (Å²) in [5, 5.41) is 9.51. The van der Waals surface area contributed by atoms with Gasteiger partial charge in [-0.1, -0.05) is 26.0 Å². The normalized spacial score (nSPS) is 14.8. The molecule has 0 saturated heterocycles. The first kappa shape index (κ1) is 25.5. The van der Waals surface area contributed by atoms with Crippen molar-refractivity contribution in [3.63, 3.8) is 0 Å². The van der Waals surface area contributed by atoms with E-state index in [0.717, 1.165) is 30.6 Å². The summed E-state index contributed by atoms with van der Waals surface area (Å²) in [6, 6.07) is 6.29. The van der Waals surface area contributed by atoms with E-state index >= 15 is 0 Å². The Morgan fingerprint density at radius 1 is 1.17 bits per heavy atom. The number of nitrogens with zero attached hydrogens (tertiary/aromatic N) is 1. The molecule has 2 rings (SSSR count). The first-order chi connectivity index (χ1) is 13.4. The van der Waals surface area contributed by atoms with Gasteiger partial charge in [-0.3, -0.25) is 9.79 Å². The van der Waals surface area contributed by atoms with Crippen molar-refractivity contribution < 1.29 is 9.53 Å². The number of hydrogen-bond donors (Lipinski definition) is 3.